The maximum atomic E-state index is 11.9. The minimum atomic E-state index is -0.560. The van der Waals surface area contributed by atoms with E-state index in [2.05, 4.69) is 126 Å². The van der Waals surface area contributed by atoms with Crippen molar-refractivity contribution in [1.29, 1.82) is 0 Å². The molecule has 19 heteroatoms. The maximum absolute atomic E-state index is 11.9. The van der Waals surface area contributed by atoms with E-state index in [9.17, 15) is 4.79 Å². The number of hydrogen-bond donors (Lipinski definition) is 4. The van der Waals surface area contributed by atoms with Gasteiger partial charge < -0.3 is 135 Å². The summed E-state index contributed by atoms with van der Waals surface area (Å²) in [6.45, 7) is 4.95. The van der Waals surface area contributed by atoms with Crippen molar-refractivity contribution in [1.82, 2.24) is 21.3 Å². The van der Waals surface area contributed by atoms with Crippen molar-refractivity contribution in [3.8, 4) is 5.75 Å². The molecule has 45 heavy (non-hydrogen) atoms. The fourth-order valence-corrected chi connectivity index (χ4v) is 3.61. The van der Waals surface area contributed by atoms with Gasteiger partial charge in [0.05, 0.1) is 7.11 Å². The van der Waals surface area contributed by atoms with Gasteiger partial charge in [-0.25, -0.2) is 4.79 Å². The van der Waals surface area contributed by atoms with Gasteiger partial charge in [-0.3, -0.25) is 0 Å². The van der Waals surface area contributed by atoms with Gasteiger partial charge in [0.15, 0.2) is 5.71 Å². The second-order valence-corrected chi connectivity index (χ2v) is 12.0. The molecular weight excluding hydrogens is 823 g/mol. The Morgan fingerprint density at radius 3 is 1.58 bits per heavy atom. The number of carbonyl (C=O) groups is 1. The number of nitrogens with zero attached hydrogens (tertiary/aromatic N) is 1. The molecule has 0 atom stereocenters. The molecule has 0 aromatic heterocycles. The summed E-state index contributed by atoms with van der Waals surface area (Å²) in [6.07, 6.45) is 0. The summed E-state index contributed by atoms with van der Waals surface area (Å²) >= 11 is 36.7. The molecule has 0 saturated heterocycles. The van der Waals surface area contributed by atoms with Crippen LogP contribution in [0.3, 0.4) is 0 Å². The smallest absolute Gasteiger partial charge is 0.489 e. The van der Waals surface area contributed by atoms with Crippen LogP contribution < -0.4 is 26.0 Å². The molecule has 0 saturated carbocycles. The van der Waals surface area contributed by atoms with Crippen LogP contribution in [0.15, 0.2) is 53.7 Å². The second kappa shape index (κ2) is 30.1. The van der Waals surface area contributed by atoms with Gasteiger partial charge in [0.25, 0.3) is 0 Å². The number of benzene rings is 2. The Morgan fingerprint density at radius 1 is 0.756 bits per heavy atom. The Labute approximate surface area is 332 Å². The molecule has 241 valence electrons. The number of aryl methyl sites for hydroxylation is 1. The number of esters is 1. The minimum absolute atomic E-state index is 0. The molecule has 0 amide bonds. The molecule has 4 N–H and O–H groups in total. The van der Waals surface area contributed by atoms with E-state index in [1.807, 2.05) is 49.4 Å². The van der Waals surface area contributed by atoms with Crippen molar-refractivity contribution in [2.24, 2.45) is 5.16 Å². The average molecular weight is 854 g/mol. The Bertz CT molecular complexity index is 1180. The quantitative estimate of drug-likeness (QED) is 0.0479. The van der Waals surface area contributed by atoms with E-state index in [4.69, 9.17) is 14.3 Å². The van der Waals surface area contributed by atoms with Crippen molar-refractivity contribution in [3.63, 3.8) is 0 Å². The molecule has 0 spiro atoms. The third-order valence-corrected chi connectivity index (χ3v) is 5.79. The molecule has 1 radical (unpaired) electrons. The van der Waals surface area contributed by atoms with Crippen LogP contribution in [0.5, 0.6) is 5.75 Å². The standard InChI is InChI=1S/C18H19NO4.2C4H8N2S4.Mn.Zn/c1-13-8-4-7-11-16(13)23-12-14-9-5-6-10-15(14)17(19-22-3)18(20)21-2;2*7-3(8)5-1-2-6-4(9)10;;/h4-11H,12H2,1-3H3;2*1-2H2,(H2,5,7,8)(H2,6,9,10);;/q;;;2*+2/p-4/b19-17+;;;;. The molecule has 0 aliphatic rings. The molecule has 2 aromatic rings. The predicted octanol–water partition coefficient (Wildman–Crippen LogP) is 2.75. The third kappa shape index (κ3) is 25.5. The summed E-state index contributed by atoms with van der Waals surface area (Å²) in [7, 11) is 2.69. The fraction of sp³-hybridized carbons (Fsp3) is 0.308. The van der Waals surface area contributed by atoms with Crippen molar-refractivity contribution in [2.45, 2.75) is 13.5 Å². The van der Waals surface area contributed by atoms with Gasteiger partial charge in [-0.05, 0) is 24.1 Å². The van der Waals surface area contributed by atoms with Crippen LogP contribution in [-0.2, 0) is 108 Å². The number of rotatable bonds is 12. The zero-order chi connectivity index (χ0) is 32.6. The summed E-state index contributed by atoms with van der Waals surface area (Å²) < 4.78 is 12.1. The van der Waals surface area contributed by atoms with Gasteiger partial charge >= 0.3 is 42.5 Å². The SMILES string of the molecule is CO/N=C(/C(=O)OC)c1ccccc1COc1ccccc1C.S=C([S-])NCCNC(=S)[S-].S=C([S-])NCCNC(=S)[S-].[Mn+2].[Zn+2]. The molecular formula is C26H31MnN5O4S8Zn. The van der Waals surface area contributed by atoms with Crippen molar-refractivity contribution in [3.05, 3.63) is 65.2 Å². The van der Waals surface area contributed by atoms with Crippen LogP contribution in [0.2, 0.25) is 0 Å². The number of methoxy groups -OCH3 is 1. The average Bonchev–Trinajstić information content (AvgIpc) is 2.96. The van der Waals surface area contributed by atoms with Gasteiger partial charge in [-0.15, -0.1) is 0 Å². The Balaban J connectivity index is -0.000000674. The summed E-state index contributed by atoms with van der Waals surface area (Å²) in [4.78, 5) is 16.7. The summed E-state index contributed by atoms with van der Waals surface area (Å²) in [5.74, 6) is 0.237. The molecule has 0 aliphatic heterocycles. The minimum Gasteiger partial charge on any atom is -0.489 e. The number of carbonyl (C=O) groups excluding carboxylic acids is 1. The molecule has 0 aliphatic carbocycles. The fourth-order valence-electron chi connectivity index (χ4n) is 2.79. The van der Waals surface area contributed by atoms with Crippen molar-refractivity contribution >= 4 is 128 Å². The van der Waals surface area contributed by atoms with E-state index in [-0.39, 0.29) is 42.3 Å². The molecule has 0 fully saturated rings. The van der Waals surface area contributed by atoms with Crippen LogP contribution in [0.1, 0.15) is 16.7 Å². The van der Waals surface area contributed by atoms with Gasteiger partial charge in [-0.1, -0.05) is 64.9 Å². The molecule has 2 aromatic carbocycles. The number of oxime groups is 1. The zero-order valence-corrected chi connectivity index (χ0v) is 35.3. The van der Waals surface area contributed by atoms with Crippen LogP contribution in [0, 0.1) is 6.92 Å². The molecule has 0 bridgehead atoms. The first kappa shape index (κ1) is 48.2. The van der Waals surface area contributed by atoms with E-state index in [0.717, 1.165) is 16.9 Å². The Morgan fingerprint density at radius 2 is 1.18 bits per heavy atom. The van der Waals surface area contributed by atoms with E-state index < -0.39 is 5.97 Å². The summed E-state index contributed by atoms with van der Waals surface area (Å²) in [5.41, 5.74) is 2.59. The van der Waals surface area contributed by atoms with Gasteiger partial charge in [0.1, 0.15) is 19.5 Å². The van der Waals surface area contributed by atoms with Crippen LogP contribution in [-0.4, -0.2) is 69.4 Å². The van der Waals surface area contributed by atoms with E-state index in [0.29, 0.717) is 55.6 Å². The first-order valence-corrected chi connectivity index (χ1v) is 15.4. The normalized spacial score (nSPS) is 9.36. The number of thiocarbonyl (C=S) groups is 4. The number of hydrogen-bond acceptors (Lipinski definition) is 13. The molecule has 2 rings (SSSR count). The van der Waals surface area contributed by atoms with Crippen molar-refractivity contribution in [2.75, 3.05) is 40.4 Å². The van der Waals surface area contributed by atoms with Gasteiger partial charge in [0, 0.05) is 31.7 Å². The Kier molecular flexibility index (Phi) is 32.2. The Hall–Kier alpha value is -1.24. The van der Waals surface area contributed by atoms with Gasteiger partial charge in [-0.2, -0.15) is 0 Å². The van der Waals surface area contributed by atoms with Crippen LogP contribution in [0.4, 0.5) is 0 Å². The number of nitrogens with one attached hydrogen (secondary N) is 4. The topological polar surface area (TPSA) is 105 Å². The third-order valence-electron chi connectivity index (χ3n) is 4.64. The predicted molar refractivity (Wildman–Crippen MR) is 199 cm³/mol. The molecule has 9 nitrogen and oxygen atoms in total. The monoisotopic (exact) mass is 852 g/mol. The second-order valence-electron chi connectivity index (χ2n) is 7.68. The summed E-state index contributed by atoms with van der Waals surface area (Å²) in [5, 5.41) is 14.9. The first-order chi connectivity index (χ1) is 20.4. The molecule has 0 heterocycles. The van der Waals surface area contributed by atoms with E-state index in [1.54, 1.807) is 6.07 Å². The number of para-hydroxylation sites is 1. The van der Waals surface area contributed by atoms with Gasteiger partial charge in [0.2, 0.25) is 0 Å². The van der Waals surface area contributed by atoms with Crippen LogP contribution in [0.25, 0.3) is 0 Å². The number of ether oxygens (including phenoxy) is 2. The first-order valence-electron chi connectivity index (χ1n) is 12.2. The van der Waals surface area contributed by atoms with E-state index in [1.165, 1.54) is 14.2 Å². The largest absolute Gasteiger partial charge is 2.00 e. The maximum Gasteiger partial charge on any atom is 2.00 e. The van der Waals surface area contributed by atoms with E-state index >= 15 is 0 Å². The molecule has 0 unspecified atom stereocenters. The summed E-state index contributed by atoms with van der Waals surface area (Å²) in [6, 6.07) is 15.1. The zero-order valence-electron chi connectivity index (χ0n) is 24.6. The van der Waals surface area contributed by atoms with Crippen molar-refractivity contribution < 1.29 is 55.7 Å². The van der Waals surface area contributed by atoms with Crippen LogP contribution >= 0.6 is 48.9 Å².